The monoisotopic (exact) mass is 797 g/mol. The van der Waals surface area contributed by atoms with Gasteiger partial charge in [-0.15, -0.1) is 0 Å². The number of primary amides is 1. The number of fused-ring (bicyclic) bond motifs is 3. The van der Waals surface area contributed by atoms with Crippen LogP contribution in [0.2, 0.25) is 0 Å². The lowest BCUT2D eigenvalue weighted by Crippen LogP contribution is -2.18. The fourth-order valence-corrected chi connectivity index (χ4v) is 7.01. The van der Waals surface area contributed by atoms with Crippen LogP contribution in [-0.4, -0.2) is 57.9 Å². The lowest BCUT2D eigenvalue weighted by Gasteiger charge is -2.02. The Kier molecular flexibility index (Phi) is 10.8. The number of pyridine rings is 3. The first kappa shape index (κ1) is 38.3. The van der Waals surface area contributed by atoms with Crippen LogP contribution in [0.15, 0.2) is 174 Å². The van der Waals surface area contributed by atoms with E-state index in [0.29, 0.717) is 5.56 Å². The molecule has 0 saturated heterocycles. The fraction of sp³-hybridized carbons (Fsp3) is 0.0244. The van der Waals surface area contributed by atoms with Crippen LogP contribution in [0.1, 0.15) is 10.4 Å². The topological polar surface area (TPSA) is 201 Å². The number of amides is 1. The molecular weight excluding hydrogens is 763 g/mol. The number of rotatable bonds is 7. The van der Waals surface area contributed by atoms with Gasteiger partial charge < -0.3 is 18.9 Å². The first-order valence-corrected chi connectivity index (χ1v) is 20.3. The minimum absolute atomic E-state index is 0.0972. The highest BCUT2D eigenvalue weighted by molar-refractivity contribution is 7.89. The molecular formula is C41H35N9O5S2. The van der Waals surface area contributed by atoms with Crippen LogP contribution in [0.4, 0.5) is 0 Å². The van der Waals surface area contributed by atoms with Crippen molar-refractivity contribution < 1.29 is 21.6 Å². The Morgan fingerprint density at radius 2 is 0.877 bits per heavy atom. The van der Waals surface area contributed by atoms with Gasteiger partial charge in [-0.25, -0.2) is 41.6 Å². The van der Waals surface area contributed by atoms with Crippen molar-refractivity contribution >= 4 is 42.9 Å². The molecule has 1 amide bonds. The van der Waals surface area contributed by atoms with E-state index in [1.54, 1.807) is 48.5 Å². The van der Waals surface area contributed by atoms with Crippen molar-refractivity contribution in [2.24, 2.45) is 10.9 Å². The van der Waals surface area contributed by atoms with E-state index in [4.69, 9.17) is 10.9 Å². The average Bonchev–Trinajstić information content (AvgIpc) is 3.98. The van der Waals surface area contributed by atoms with Gasteiger partial charge in [-0.1, -0.05) is 54.6 Å². The molecule has 0 aliphatic rings. The minimum atomic E-state index is -3.65. The quantitative estimate of drug-likeness (QED) is 0.183. The third kappa shape index (κ3) is 8.79. The van der Waals surface area contributed by atoms with E-state index in [2.05, 4.69) is 19.7 Å². The van der Waals surface area contributed by atoms with Crippen LogP contribution >= 0.6 is 0 Å². The fourth-order valence-electron chi connectivity index (χ4n) is 5.76. The second-order valence-corrected chi connectivity index (χ2v) is 16.0. The third-order valence-corrected chi connectivity index (χ3v) is 11.1. The maximum absolute atomic E-state index is 11.7. The Balaban J connectivity index is 0.000000131. The van der Waals surface area contributed by atoms with Crippen LogP contribution in [0.5, 0.6) is 0 Å². The summed E-state index contributed by atoms with van der Waals surface area (Å²) in [6, 6.07) is 37.5. The molecule has 0 fully saturated rings. The summed E-state index contributed by atoms with van der Waals surface area (Å²) in [7, 11) is -5.66. The van der Waals surface area contributed by atoms with E-state index in [-0.39, 0.29) is 9.79 Å². The number of nitrogens with zero attached hydrogens (tertiary/aromatic N) is 6. The summed E-state index contributed by atoms with van der Waals surface area (Å²) in [5.74, 6) is -0.420. The smallest absolute Gasteiger partial charge is 0.248 e. The van der Waals surface area contributed by atoms with Gasteiger partial charge in [0.15, 0.2) is 0 Å². The summed E-state index contributed by atoms with van der Waals surface area (Å²) < 4.78 is 53.8. The molecule has 0 radical (unpaired) electrons. The van der Waals surface area contributed by atoms with E-state index in [0.717, 1.165) is 50.7 Å². The van der Waals surface area contributed by atoms with E-state index in [1.807, 2.05) is 117 Å². The zero-order valence-corrected chi connectivity index (χ0v) is 31.9. The van der Waals surface area contributed by atoms with Gasteiger partial charge in [0.25, 0.3) is 0 Å². The zero-order valence-electron chi connectivity index (χ0n) is 30.3. The number of hydrogen-bond donors (Lipinski definition) is 3. The molecule has 0 unspecified atom stereocenters. The summed E-state index contributed by atoms with van der Waals surface area (Å²) in [6.07, 6.45) is 11.5. The molecule has 6 heterocycles. The molecule has 57 heavy (non-hydrogen) atoms. The van der Waals surface area contributed by atoms with Gasteiger partial charge in [0.2, 0.25) is 26.0 Å². The van der Waals surface area contributed by atoms with E-state index in [9.17, 15) is 21.6 Å². The minimum Gasteiger partial charge on any atom is -0.366 e. The molecule has 0 atom stereocenters. The first-order valence-electron chi connectivity index (χ1n) is 17.3. The number of sulfonamides is 2. The normalized spacial score (nSPS) is 11.5. The first-order chi connectivity index (χ1) is 27.4. The maximum Gasteiger partial charge on any atom is 0.248 e. The SMILES string of the molecule is CNS(=O)(=O)c1ccc(-c2cn3ccccc3n2)cc1.NC(=O)c1ccc(-c2cn3ccccc3n2)cc1.NS(=O)(=O)c1ccc(-c2cn3ccccc3n2)cc1. The van der Waals surface area contributed by atoms with E-state index >= 15 is 0 Å². The number of aromatic nitrogens is 6. The number of carbonyl (C=O) groups excluding carboxylic acids is 1. The standard InChI is InChI=1S/C14H13N3O2S.C14H11N3O.C13H11N3O2S/c1-15-20(18,19)12-7-5-11(6-8-12)13-10-17-9-3-2-4-14(17)16-13;15-14(18)11-6-4-10(5-7-11)12-9-17-8-2-1-3-13(17)16-12;14-19(17,18)11-6-4-10(5-7-11)12-9-16-8-2-1-3-13(16)15-12/h2-10,15H,1H3;1-9H,(H2,15,18);1-9H,(H2,14,17,18). The summed E-state index contributed by atoms with van der Waals surface area (Å²) in [5.41, 5.74) is 13.4. The molecule has 286 valence electrons. The van der Waals surface area contributed by atoms with Gasteiger partial charge in [0, 0.05) is 59.4 Å². The number of benzene rings is 3. The highest BCUT2D eigenvalue weighted by atomic mass is 32.2. The summed E-state index contributed by atoms with van der Waals surface area (Å²) in [6.45, 7) is 0. The number of hydrogen-bond acceptors (Lipinski definition) is 8. The van der Waals surface area contributed by atoms with E-state index < -0.39 is 26.0 Å². The van der Waals surface area contributed by atoms with Gasteiger partial charge in [-0.05, 0) is 79.8 Å². The Hall–Kier alpha value is -6.98. The molecule has 9 aromatic rings. The van der Waals surface area contributed by atoms with Crippen molar-refractivity contribution in [1.29, 1.82) is 0 Å². The van der Waals surface area contributed by atoms with Gasteiger partial charge in [-0.2, -0.15) is 0 Å². The van der Waals surface area contributed by atoms with Crippen LogP contribution in [0.25, 0.3) is 50.7 Å². The Morgan fingerprint density at radius 3 is 1.19 bits per heavy atom. The number of carbonyl (C=O) groups is 1. The van der Waals surface area contributed by atoms with Crippen molar-refractivity contribution in [3.63, 3.8) is 0 Å². The van der Waals surface area contributed by atoms with Gasteiger partial charge in [0.05, 0.1) is 26.9 Å². The summed E-state index contributed by atoms with van der Waals surface area (Å²) >= 11 is 0. The van der Waals surface area contributed by atoms with Gasteiger partial charge in [-0.3, -0.25) is 4.79 Å². The maximum atomic E-state index is 11.7. The van der Waals surface area contributed by atoms with Crippen molar-refractivity contribution in [2.45, 2.75) is 9.79 Å². The number of nitrogens with one attached hydrogen (secondary N) is 1. The Bertz CT molecular complexity index is 2970. The van der Waals surface area contributed by atoms with E-state index in [1.165, 1.54) is 19.2 Å². The van der Waals surface area contributed by atoms with Gasteiger partial charge >= 0.3 is 0 Å². The Morgan fingerprint density at radius 1 is 0.526 bits per heavy atom. The third-order valence-electron chi connectivity index (χ3n) is 8.76. The van der Waals surface area contributed by atoms with Crippen LogP contribution in [-0.2, 0) is 20.0 Å². The summed E-state index contributed by atoms with van der Waals surface area (Å²) in [5, 5.41) is 5.06. The predicted octanol–water partition coefficient (Wildman–Crippen LogP) is 5.66. The molecule has 0 aliphatic heterocycles. The number of primary sulfonamides is 1. The van der Waals surface area contributed by atoms with Crippen molar-refractivity contribution in [2.75, 3.05) is 7.05 Å². The molecule has 5 N–H and O–H groups in total. The molecule has 0 bridgehead atoms. The second kappa shape index (κ2) is 16.0. The number of nitrogens with two attached hydrogens (primary N) is 2. The highest BCUT2D eigenvalue weighted by Gasteiger charge is 2.12. The highest BCUT2D eigenvalue weighted by Crippen LogP contribution is 2.23. The molecule has 0 saturated carbocycles. The van der Waals surface area contributed by atoms with Crippen molar-refractivity contribution in [3.8, 4) is 33.8 Å². The molecule has 14 nitrogen and oxygen atoms in total. The summed E-state index contributed by atoms with van der Waals surface area (Å²) in [4.78, 5) is 24.8. The largest absolute Gasteiger partial charge is 0.366 e. The molecule has 0 aliphatic carbocycles. The van der Waals surface area contributed by atoms with Crippen LogP contribution in [0.3, 0.4) is 0 Å². The molecule has 6 aromatic heterocycles. The molecule has 3 aromatic carbocycles. The zero-order chi connectivity index (χ0) is 40.2. The molecule has 16 heteroatoms. The van der Waals surface area contributed by atoms with Crippen molar-refractivity contribution in [1.82, 2.24) is 32.9 Å². The number of imidazole rings is 3. The van der Waals surface area contributed by atoms with Crippen LogP contribution in [0, 0.1) is 0 Å². The molecule has 9 rings (SSSR count). The van der Waals surface area contributed by atoms with Crippen molar-refractivity contribution in [3.05, 3.63) is 170 Å². The lowest BCUT2D eigenvalue weighted by molar-refractivity contribution is 0.1000. The lowest BCUT2D eigenvalue weighted by atomic mass is 10.1. The Labute approximate surface area is 327 Å². The average molecular weight is 798 g/mol. The van der Waals surface area contributed by atoms with Crippen LogP contribution < -0.4 is 15.6 Å². The predicted molar refractivity (Wildman–Crippen MR) is 218 cm³/mol. The van der Waals surface area contributed by atoms with Gasteiger partial charge in [0.1, 0.15) is 16.9 Å². The molecule has 0 spiro atoms. The second-order valence-electron chi connectivity index (χ2n) is 12.5.